The average molecular weight is 305 g/mol. The van der Waals surface area contributed by atoms with E-state index in [1.807, 2.05) is 20.8 Å². The van der Waals surface area contributed by atoms with Crippen LogP contribution in [0.2, 0.25) is 0 Å². The first kappa shape index (κ1) is 17.6. The summed E-state index contributed by atoms with van der Waals surface area (Å²) in [4.78, 5) is 4.00. The smallest absolute Gasteiger partial charge is 0.391 e. The highest BCUT2D eigenvalue weighted by Gasteiger charge is 2.31. The molecule has 0 radical (unpaired) electrons. The van der Waals surface area contributed by atoms with Gasteiger partial charge in [-0.05, 0) is 24.0 Å². The SMILES string of the molecule is CNc1cc(C(F)(F)F)cc(NCC(O)CC(C)(C)C)n1. The second-order valence-electron chi connectivity index (χ2n) is 6.17. The molecule has 0 bridgehead atoms. The Kier molecular flexibility index (Phi) is 5.44. The molecule has 1 aromatic rings. The van der Waals surface area contributed by atoms with E-state index in [1.54, 1.807) is 0 Å². The van der Waals surface area contributed by atoms with Gasteiger partial charge in [0.15, 0.2) is 0 Å². The molecule has 1 rings (SSSR count). The minimum absolute atomic E-state index is 0.0571. The van der Waals surface area contributed by atoms with Gasteiger partial charge in [0.2, 0.25) is 0 Å². The summed E-state index contributed by atoms with van der Waals surface area (Å²) in [6.45, 7) is 6.10. The zero-order valence-electron chi connectivity index (χ0n) is 12.7. The van der Waals surface area contributed by atoms with E-state index in [4.69, 9.17) is 0 Å². The monoisotopic (exact) mass is 305 g/mol. The zero-order valence-corrected chi connectivity index (χ0v) is 12.7. The molecule has 0 saturated carbocycles. The van der Waals surface area contributed by atoms with Crippen molar-refractivity contribution in [1.82, 2.24) is 4.98 Å². The Morgan fingerprint density at radius 1 is 1.19 bits per heavy atom. The molecule has 0 aromatic carbocycles. The van der Waals surface area contributed by atoms with Crippen molar-refractivity contribution in [2.45, 2.75) is 39.5 Å². The van der Waals surface area contributed by atoms with Crippen LogP contribution in [0.1, 0.15) is 32.8 Å². The van der Waals surface area contributed by atoms with Gasteiger partial charge in [0.1, 0.15) is 11.6 Å². The summed E-state index contributed by atoms with van der Waals surface area (Å²) < 4.78 is 38.3. The van der Waals surface area contributed by atoms with Gasteiger partial charge in [0, 0.05) is 13.6 Å². The molecule has 21 heavy (non-hydrogen) atoms. The number of hydrogen-bond acceptors (Lipinski definition) is 4. The molecule has 1 heterocycles. The van der Waals surface area contributed by atoms with Gasteiger partial charge in [0.25, 0.3) is 0 Å². The van der Waals surface area contributed by atoms with Gasteiger partial charge in [0.05, 0.1) is 11.7 Å². The van der Waals surface area contributed by atoms with Crippen molar-refractivity contribution in [3.05, 3.63) is 17.7 Å². The number of hydrogen-bond donors (Lipinski definition) is 3. The number of pyridine rings is 1. The van der Waals surface area contributed by atoms with E-state index in [1.165, 1.54) is 7.05 Å². The van der Waals surface area contributed by atoms with Crippen molar-refractivity contribution in [3.8, 4) is 0 Å². The second kappa shape index (κ2) is 6.51. The number of alkyl halides is 3. The number of nitrogens with one attached hydrogen (secondary N) is 2. The summed E-state index contributed by atoms with van der Waals surface area (Å²) in [6, 6.07) is 1.88. The third kappa shape index (κ3) is 6.20. The van der Waals surface area contributed by atoms with Gasteiger partial charge in [-0.1, -0.05) is 20.8 Å². The van der Waals surface area contributed by atoms with Crippen LogP contribution in [-0.4, -0.2) is 29.8 Å². The number of aliphatic hydroxyl groups is 1. The highest BCUT2D eigenvalue weighted by molar-refractivity contribution is 5.49. The molecule has 1 aromatic heterocycles. The largest absolute Gasteiger partial charge is 0.416 e. The third-order valence-electron chi connectivity index (χ3n) is 2.78. The van der Waals surface area contributed by atoms with E-state index in [-0.39, 0.29) is 23.6 Å². The summed E-state index contributed by atoms with van der Waals surface area (Å²) in [5.74, 6) is 0.208. The van der Waals surface area contributed by atoms with Crippen molar-refractivity contribution in [2.24, 2.45) is 5.41 Å². The Balaban J connectivity index is 2.79. The lowest BCUT2D eigenvalue weighted by Gasteiger charge is -2.22. The molecule has 0 aliphatic carbocycles. The van der Waals surface area contributed by atoms with Crippen LogP contribution in [0, 0.1) is 5.41 Å². The Morgan fingerprint density at radius 3 is 2.24 bits per heavy atom. The molecule has 0 aliphatic heterocycles. The summed E-state index contributed by atoms with van der Waals surface area (Å²) >= 11 is 0. The lowest BCUT2D eigenvalue weighted by Crippen LogP contribution is -2.25. The highest BCUT2D eigenvalue weighted by atomic mass is 19.4. The van der Waals surface area contributed by atoms with Crippen LogP contribution in [0.5, 0.6) is 0 Å². The number of halogens is 3. The molecule has 0 spiro atoms. The van der Waals surface area contributed by atoms with Gasteiger partial charge in [-0.2, -0.15) is 13.2 Å². The maximum atomic E-state index is 12.8. The van der Waals surface area contributed by atoms with E-state index in [2.05, 4.69) is 15.6 Å². The fraction of sp³-hybridized carbons (Fsp3) is 0.643. The molecule has 120 valence electrons. The number of anilines is 2. The van der Waals surface area contributed by atoms with Crippen LogP contribution < -0.4 is 10.6 Å². The molecular weight excluding hydrogens is 283 g/mol. The van der Waals surface area contributed by atoms with Gasteiger partial charge in [-0.3, -0.25) is 0 Å². The third-order valence-corrected chi connectivity index (χ3v) is 2.78. The second-order valence-corrected chi connectivity index (χ2v) is 6.17. The minimum Gasteiger partial charge on any atom is -0.391 e. The molecule has 0 amide bonds. The number of aromatic nitrogens is 1. The Hall–Kier alpha value is -1.50. The molecule has 0 aliphatic rings. The zero-order chi connectivity index (χ0) is 16.3. The van der Waals surface area contributed by atoms with Crippen molar-refractivity contribution in [3.63, 3.8) is 0 Å². The maximum absolute atomic E-state index is 12.8. The number of nitrogens with zero attached hydrogens (tertiary/aromatic N) is 1. The molecule has 3 N–H and O–H groups in total. The van der Waals surface area contributed by atoms with E-state index in [0.29, 0.717) is 6.42 Å². The van der Waals surface area contributed by atoms with Crippen molar-refractivity contribution in [2.75, 3.05) is 24.2 Å². The first-order valence-electron chi connectivity index (χ1n) is 6.70. The molecule has 0 saturated heterocycles. The van der Waals surface area contributed by atoms with Crippen LogP contribution in [0.4, 0.5) is 24.8 Å². The molecule has 4 nitrogen and oxygen atoms in total. The molecule has 7 heteroatoms. The van der Waals surface area contributed by atoms with Crippen molar-refractivity contribution >= 4 is 11.6 Å². The molecule has 1 unspecified atom stereocenters. The molecule has 0 fully saturated rings. The summed E-state index contributed by atoms with van der Waals surface area (Å²) in [5.41, 5.74) is -0.840. The standard InChI is InChI=1S/C14H22F3N3O/c1-13(2,3)7-10(21)8-19-12-6-9(14(15,16)17)5-11(18-4)20-12/h5-6,10,21H,7-8H2,1-4H3,(H2,18,19,20). The van der Waals surface area contributed by atoms with Gasteiger partial charge < -0.3 is 15.7 Å². The number of rotatable bonds is 5. The van der Waals surface area contributed by atoms with E-state index in [9.17, 15) is 18.3 Å². The van der Waals surface area contributed by atoms with Gasteiger partial charge in [-0.15, -0.1) is 0 Å². The van der Waals surface area contributed by atoms with Crippen LogP contribution >= 0.6 is 0 Å². The Bertz CT molecular complexity index is 470. The number of aliphatic hydroxyl groups excluding tert-OH is 1. The first-order valence-corrected chi connectivity index (χ1v) is 6.70. The van der Waals surface area contributed by atoms with Gasteiger partial charge >= 0.3 is 6.18 Å². The van der Waals surface area contributed by atoms with E-state index >= 15 is 0 Å². The van der Waals surface area contributed by atoms with Crippen LogP contribution in [0.15, 0.2) is 12.1 Å². The quantitative estimate of drug-likeness (QED) is 0.781. The maximum Gasteiger partial charge on any atom is 0.416 e. The van der Waals surface area contributed by atoms with Crippen LogP contribution in [0.25, 0.3) is 0 Å². The minimum atomic E-state index is -4.44. The lowest BCUT2D eigenvalue weighted by atomic mass is 9.89. The average Bonchev–Trinajstić information content (AvgIpc) is 2.33. The Labute approximate surface area is 122 Å². The summed E-state index contributed by atoms with van der Waals surface area (Å²) in [7, 11) is 1.50. The van der Waals surface area contributed by atoms with Crippen molar-refractivity contribution in [1.29, 1.82) is 0 Å². The van der Waals surface area contributed by atoms with Crippen LogP contribution in [0.3, 0.4) is 0 Å². The predicted molar refractivity (Wildman–Crippen MR) is 77.4 cm³/mol. The normalized spacial score (nSPS) is 13.9. The topological polar surface area (TPSA) is 57.2 Å². The van der Waals surface area contributed by atoms with Crippen LogP contribution in [-0.2, 0) is 6.18 Å². The fourth-order valence-corrected chi connectivity index (χ4v) is 1.91. The van der Waals surface area contributed by atoms with Crippen molar-refractivity contribution < 1.29 is 18.3 Å². The Morgan fingerprint density at radius 2 is 1.76 bits per heavy atom. The van der Waals surface area contributed by atoms with E-state index < -0.39 is 17.8 Å². The molecule has 1 atom stereocenters. The molecular formula is C14H22F3N3O. The summed E-state index contributed by atoms with van der Waals surface area (Å²) in [5, 5.41) is 15.2. The highest BCUT2D eigenvalue weighted by Crippen LogP contribution is 2.32. The van der Waals surface area contributed by atoms with E-state index in [0.717, 1.165) is 12.1 Å². The predicted octanol–water partition coefficient (Wildman–Crippen LogP) is 3.35. The lowest BCUT2D eigenvalue weighted by molar-refractivity contribution is -0.137. The first-order chi connectivity index (χ1) is 9.51. The fourth-order valence-electron chi connectivity index (χ4n) is 1.91. The summed E-state index contributed by atoms with van der Waals surface area (Å²) in [6.07, 6.45) is -4.55. The van der Waals surface area contributed by atoms with Gasteiger partial charge in [-0.25, -0.2) is 4.98 Å².